The van der Waals surface area contributed by atoms with Crippen LogP contribution in [0.3, 0.4) is 0 Å². The molecule has 0 atom stereocenters. The van der Waals surface area contributed by atoms with Gasteiger partial charge in [-0.3, -0.25) is 0 Å². The maximum absolute atomic E-state index is 9.28. The molecular weight excluding hydrogens is 322 g/mol. The molecule has 0 unspecified atom stereocenters. The summed E-state index contributed by atoms with van der Waals surface area (Å²) in [7, 11) is 0. The summed E-state index contributed by atoms with van der Waals surface area (Å²) in [4.78, 5) is 1.91. The molecule has 0 radical (unpaired) electrons. The molecule has 0 saturated carbocycles. The quantitative estimate of drug-likeness (QED) is 0.795. The highest BCUT2D eigenvalue weighted by molar-refractivity contribution is 9.10. The lowest BCUT2D eigenvalue weighted by Gasteiger charge is -2.07. The zero-order valence-corrected chi connectivity index (χ0v) is 11.8. The van der Waals surface area contributed by atoms with Crippen LogP contribution in [0.25, 0.3) is 0 Å². The molecule has 0 saturated heterocycles. The fraction of sp³-hybridized carbons (Fsp3) is 0. The third kappa shape index (κ3) is 3.09. The molecule has 0 aliphatic carbocycles. The van der Waals surface area contributed by atoms with Gasteiger partial charge in [0.2, 0.25) is 0 Å². The first kappa shape index (κ1) is 12.6. The second-order valence-corrected chi connectivity index (χ2v) is 5.77. The van der Waals surface area contributed by atoms with Crippen molar-refractivity contribution in [3.8, 4) is 5.75 Å². The van der Waals surface area contributed by atoms with Gasteiger partial charge in [0.25, 0.3) is 0 Å². The van der Waals surface area contributed by atoms with E-state index in [4.69, 9.17) is 17.3 Å². The second kappa shape index (κ2) is 5.21. The summed E-state index contributed by atoms with van der Waals surface area (Å²) in [5.41, 5.74) is 6.38. The molecule has 0 bridgehead atoms. The van der Waals surface area contributed by atoms with Gasteiger partial charge in [-0.15, -0.1) is 0 Å². The van der Waals surface area contributed by atoms with Gasteiger partial charge >= 0.3 is 0 Å². The largest absolute Gasteiger partial charge is 0.508 e. The van der Waals surface area contributed by atoms with Crippen molar-refractivity contribution in [1.29, 1.82) is 0 Å². The first-order valence-corrected chi connectivity index (χ1v) is 6.76. The lowest BCUT2D eigenvalue weighted by Crippen LogP contribution is -1.88. The standard InChI is InChI=1S/C12H9BrClNOS/c13-9-5-7(14)1-3-11(9)17-12-4-2-8(16)6-10(12)15/h1-6,16H,15H2. The van der Waals surface area contributed by atoms with Gasteiger partial charge in [-0.2, -0.15) is 0 Å². The molecule has 88 valence electrons. The summed E-state index contributed by atoms with van der Waals surface area (Å²) in [5, 5.41) is 9.96. The molecule has 0 aromatic heterocycles. The Kier molecular flexibility index (Phi) is 3.86. The molecule has 0 spiro atoms. The van der Waals surface area contributed by atoms with Crippen molar-refractivity contribution in [2.24, 2.45) is 0 Å². The topological polar surface area (TPSA) is 46.2 Å². The van der Waals surface area contributed by atoms with Crippen LogP contribution in [0, 0.1) is 0 Å². The van der Waals surface area contributed by atoms with Gasteiger partial charge in [0.1, 0.15) is 5.75 Å². The summed E-state index contributed by atoms with van der Waals surface area (Å²) in [6, 6.07) is 10.5. The van der Waals surface area contributed by atoms with Crippen LogP contribution >= 0.6 is 39.3 Å². The third-order valence-electron chi connectivity index (χ3n) is 2.11. The number of nitrogens with two attached hydrogens (primary N) is 1. The number of aromatic hydroxyl groups is 1. The minimum absolute atomic E-state index is 0.169. The SMILES string of the molecule is Nc1cc(O)ccc1Sc1ccc(Cl)cc1Br. The Morgan fingerprint density at radius 3 is 2.47 bits per heavy atom. The van der Waals surface area contributed by atoms with Gasteiger partial charge in [-0.25, -0.2) is 0 Å². The van der Waals surface area contributed by atoms with Gasteiger partial charge in [0, 0.05) is 31.0 Å². The predicted molar refractivity (Wildman–Crippen MR) is 75.8 cm³/mol. The van der Waals surface area contributed by atoms with E-state index in [2.05, 4.69) is 15.9 Å². The van der Waals surface area contributed by atoms with E-state index in [0.717, 1.165) is 14.3 Å². The molecule has 0 aliphatic heterocycles. The molecule has 0 amide bonds. The van der Waals surface area contributed by atoms with E-state index in [1.165, 1.54) is 17.8 Å². The number of phenols is 1. The first-order chi connectivity index (χ1) is 8.06. The molecule has 2 nitrogen and oxygen atoms in total. The summed E-state index contributed by atoms with van der Waals surface area (Å²) in [6.07, 6.45) is 0. The minimum atomic E-state index is 0.169. The maximum atomic E-state index is 9.28. The molecule has 0 aliphatic rings. The number of halogens is 2. The highest BCUT2D eigenvalue weighted by Crippen LogP contribution is 2.38. The number of hydrogen-bond acceptors (Lipinski definition) is 3. The zero-order valence-electron chi connectivity index (χ0n) is 8.65. The van der Waals surface area contributed by atoms with E-state index in [0.29, 0.717) is 10.7 Å². The van der Waals surface area contributed by atoms with E-state index in [1.54, 1.807) is 12.1 Å². The lowest BCUT2D eigenvalue weighted by atomic mass is 10.3. The van der Waals surface area contributed by atoms with Crippen molar-refractivity contribution in [3.05, 3.63) is 45.9 Å². The summed E-state index contributed by atoms with van der Waals surface area (Å²) >= 11 is 10.8. The van der Waals surface area contributed by atoms with Crippen molar-refractivity contribution in [2.45, 2.75) is 9.79 Å². The van der Waals surface area contributed by atoms with E-state index >= 15 is 0 Å². The zero-order chi connectivity index (χ0) is 12.4. The number of rotatable bonds is 2. The predicted octanol–water partition coefficient (Wildman–Crippen LogP) is 4.54. The molecule has 2 aromatic rings. The number of nitrogen functional groups attached to an aromatic ring is 1. The van der Waals surface area contributed by atoms with Gasteiger partial charge in [-0.1, -0.05) is 23.4 Å². The fourth-order valence-corrected chi connectivity index (χ4v) is 3.07. The van der Waals surface area contributed by atoms with Gasteiger partial charge in [-0.05, 0) is 46.3 Å². The number of benzene rings is 2. The van der Waals surface area contributed by atoms with Crippen LogP contribution in [-0.2, 0) is 0 Å². The Balaban J connectivity index is 2.31. The van der Waals surface area contributed by atoms with Crippen LogP contribution in [0.1, 0.15) is 0 Å². The van der Waals surface area contributed by atoms with E-state index in [-0.39, 0.29) is 5.75 Å². The molecule has 2 aromatic carbocycles. The summed E-state index contributed by atoms with van der Waals surface area (Å²) in [5.74, 6) is 0.169. The van der Waals surface area contributed by atoms with Crippen molar-refractivity contribution in [3.63, 3.8) is 0 Å². The van der Waals surface area contributed by atoms with Crippen molar-refractivity contribution in [1.82, 2.24) is 0 Å². The Labute approximate surface area is 117 Å². The minimum Gasteiger partial charge on any atom is -0.508 e. The Morgan fingerprint density at radius 2 is 1.82 bits per heavy atom. The molecule has 0 heterocycles. The maximum Gasteiger partial charge on any atom is 0.117 e. The molecule has 5 heteroatoms. The Morgan fingerprint density at radius 1 is 1.12 bits per heavy atom. The molecular formula is C12H9BrClNOS. The van der Waals surface area contributed by atoms with E-state index in [1.807, 2.05) is 18.2 Å². The van der Waals surface area contributed by atoms with Crippen molar-refractivity contribution >= 4 is 45.0 Å². The number of anilines is 1. The first-order valence-electron chi connectivity index (χ1n) is 4.77. The summed E-state index contributed by atoms with van der Waals surface area (Å²) < 4.78 is 0.919. The lowest BCUT2D eigenvalue weighted by molar-refractivity contribution is 0.475. The average molecular weight is 331 g/mol. The normalized spacial score (nSPS) is 10.5. The van der Waals surface area contributed by atoms with Crippen LogP contribution in [-0.4, -0.2) is 5.11 Å². The molecule has 3 N–H and O–H groups in total. The Hall–Kier alpha value is -0.840. The smallest absolute Gasteiger partial charge is 0.117 e. The Bertz CT molecular complexity index is 513. The highest BCUT2D eigenvalue weighted by atomic mass is 79.9. The number of phenolic OH excluding ortho intramolecular Hbond substituents is 1. The van der Waals surface area contributed by atoms with Gasteiger partial charge in [0.05, 0.1) is 0 Å². The van der Waals surface area contributed by atoms with E-state index < -0.39 is 0 Å². The number of hydrogen-bond donors (Lipinski definition) is 2. The van der Waals surface area contributed by atoms with Crippen LogP contribution in [0.4, 0.5) is 5.69 Å². The molecule has 2 rings (SSSR count). The average Bonchev–Trinajstić information content (AvgIpc) is 2.25. The van der Waals surface area contributed by atoms with Gasteiger partial charge in [0.15, 0.2) is 0 Å². The van der Waals surface area contributed by atoms with Crippen molar-refractivity contribution in [2.75, 3.05) is 5.73 Å². The monoisotopic (exact) mass is 329 g/mol. The fourth-order valence-electron chi connectivity index (χ4n) is 1.31. The molecule has 17 heavy (non-hydrogen) atoms. The third-order valence-corrected chi connectivity index (χ3v) is 4.43. The second-order valence-electron chi connectivity index (χ2n) is 3.40. The van der Waals surface area contributed by atoms with Crippen LogP contribution in [0.5, 0.6) is 5.75 Å². The summed E-state index contributed by atoms with van der Waals surface area (Å²) in [6.45, 7) is 0. The highest BCUT2D eigenvalue weighted by Gasteiger charge is 2.06. The van der Waals surface area contributed by atoms with Crippen LogP contribution < -0.4 is 5.73 Å². The van der Waals surface area contributed by atoms with Gasteiger partial charge < -0.3 is 10.8 Å². The van der Waals surface area contributed by atoms with Crippen molar-refractivity contribution < 1.29 is 5.11 Å². The van der Waals surface area contributed by atoms with Crippen LogP contribution in [0.2, 0.25) is 5.02 Å². The molecule has 0 fully saturated rings. The van der Waals surface area contributed by atoms with E-state index in [9.17, 15) is 5.11 Å². The van der Waals surface area contributed by atoms with Crippen LogP contribution in [0.15, 0.2) is 50.7 Å².